The maximum atomic E-state index is 12.9. The van der Waals surface area contributed by atoms with Crippen LogP contribution in [0, 0.1) is 0 Å². The van der Waals surface area contributed by atoms with Gasteiger partial charge < -0.3 is 14.4 Å². The molecule has 3 rings (SSSR count). The molecule has 4 nitrogen and oxygen atoms in total. The van der Waals surface area contributed by atoms with Gasteiger partial charge >= 0.3 is 0 Å². The second kappa shape index (κ2) is 8.67. The molecule has 4 heteroatoms. The average molecular weight is 339 g/mol. The van der Waals surface area contributed by atoms with Crippen molar-refractivity contribution in [1.29, 1.82) is 0 Å². The van der Waals surface area contributed by atoms with Gasteiger partial charge in [-0.2, -0.15) is 0 Å². The van der Waals surface area contributed by atoms with Crippen LogP contribution >= 0.6 is 0 Å². The van der Waals surface area contributed by atoms with E-state index in [9.17, 15) is 4.79 Å². The van der Waals surface area contributed by atoms with Gasteiger partial charge in [0.2, 0.25) is 0 Å². The molecule has 1 amide bonds. The molecule has 2 aromatic carbocycles. The van der Waals surface area contributed by atoms with Crippen molar-refractivity contribution in [2.45, 2.75) is 32.3 Å². The minimum absolute atomic E-state index is 0.0233. The molecular weight excluding hydrogens is 314 g/mol. The highest BCUT2D eigenvalue weighted by Crippen LogP contribution is 2.23. The van der Waals surface area contributed by atoms with E-state index in [1.54, 1.807) is 6.07 Å². The molecule has 1 heterocycles. The Balaban J connectivity index is 1.68. The van der Waals surface area contributed by atoms with Crippen LogP contribution in [0.3, 0.4) is 0 Å². The van der Waals surface area contributed by atoms with Gasteiger partial charge in [-0.1, -0.05) is 24.3 Å². The van der Waals surface area contributed by atoms with Crippen molar-refractivity contribution in [2.75, 3.05) is 19.7 Å². The number of carbonyl (C=O) groups excluding carboxylic acids is 1. The van der Waals surface area contributed by atoms with Crippen LogP contribution in [0.2, 0.25) is 0 Å². The number of carbonyl (C=O) groups is 1. The summed E-state index contributed by atoms with van der Waals surface area (Å²) in [6.07, 6.45) is 3.48. The first-order chi connectivity index (χ1) is 12.3. The summed E-state index contributed by atoms with van der Waals surface area (Å²) >= 11 is 0. The zero-order chi connectivity index (χ0) is 17.5. The molecule has 2 aromatic rings. The molecule has 1 aliphatic rings. The Bertz CT molecular complexity index is 681. The van der Waals surface area contributed by atoms with Crippen molar-refractivity contribution in [3.63, 3.8) is 0 Å². The quantitative estimate of drug-likeness (QED) is 0.777. The summed E-state index contributed by atoms with van der Waals surface area (Å²) in [5, 5.41) is 0. The van der Waals surface area contributed by atoms with Crippen molar-refractivity contribution in [3.05, 3.63) is 60.2 Å². The summed E-state index contributed by atoms with van der Waals surface area (Å²) in [5.74, 6) is 1.45. The first-order valence-electron chi connectivity index (χ1n) is 9.00. The number of para-hydroxylation sites is 1. The van der Waals surface area contributed by atoms with Gasteiger partial charge in [-0.15, -0.1) is 0 Å². The molecule has 0 aliphatic carbocycles. The summed E-state index contributed by atoms with van der Waals surface area (Å²) in [6, 6.07) is 16.9. The molecule has 132 valence electrons. The highest BCUT2D eigenvalue weighted by Gasteiger charge is 2.21. The zero-order valence-corrected chi connectivity index (χ0v) is 14.7. The second-order valence-electron chi connectivity index (χ2n) is 6.28. The molecule has 1 aliphatic heterocycles. The van der Waals surface area contributed by atoms with Gasteiger partial charge in [-0.25, -0.2) is 0 Å². The van der Waals surface area contributed by atoms with Gasteiger partial charge in [0.05, 0.1) is 6.10 Å². The number of ether oxygens (including phenoxy) is 2. The van der Waals surface area contributed by atoms with Gasteiger partial charge in [0.1, 0.15) is 11.5 Å². The van der Waals surface area contributed by atoms with E-state index in [0.29, 0.717) is 24.4 Å². The first-order valence-corrected chi connectivity index (χ1v) is 9.00. The van der Waals surface area contributed by atoms with Crippen LogP contribution < -0.4 is 4.74 Å². The molecule has 0 saturated carbocycles. The third-order valence-electron chi connectivity index (χ3n) is 4.43. The predicted molar refractivity (Wildman–Crippen MR) is 98.1 cm³/mol. The fourth-order valence-corrected chi connectivity index (χ4v) is 3.05. The van der Waals surface area contributed by atoms with E-state index in [4.69, 9.17) is 9.47 Å². The van der Waals surface area contributed by atoms with Crippen molar-refractivity contribution in [2.24, 2.45) is 0 Å². The Morgan fingerprint density at radius 1 is 1.12 bits per heavy atom. The number of likely N-dealkylation sites (N-methyl/N-ethyl adjacent to an activating group) is 1. The normalized spacial score (nSPS) is 17.1. The molecule has 1 fully saturated rings. The number of benzene rings is 2. The van der Waals surface area contributed by atoms with Crippen LogP contribution in [-0.4, -0.2) is 36.6 Å². The number of nitrogens with zero attached hydrogens (tertiary/aromatic N) is 1. The summed E-state index contributed by atoms with van der Waals surface area (Å²) in [7, 11) is 0. The smallest absolute Gasteiger partial charge is 0.254 e. The van der Waals surface area contributed by atoms with Gasteiger partial charge in [-0.3, -0.25) is 4.79 Å². The zero-order valence-electron chi connectivity index (χ0n) is 14.7. The Labute approximate surface area is 149 Å². The van der Waals surface area contributed by atoms with Gasteiger partial charge in [0, 0.05) is 25.3 Å². The van der Waals surface area contributed by atoms with Crippen molar-refractivity contribution in [3.8, 4) is 11.5 Å². The highest BCUT2D eigenvalue weighted by molar-refractivity contribution is 5.94. The average Bonchev–Trinajstić information content (AvgIpc) is 2.67. The van der Waals surface area contributed by atoms with Crippen LogP contribution in [0.25, 0.3) is 0 Å². The lowest BCUT2D eigenvalue weighted by Crippen LogP contribution is -2.39. The second-order valence-corrected chi connectivity index (χ2v) is 6.28. The van der Waals surface area contributed by atoms with E-state index in [2.05, 4.69) is 0 Å². The fourth-order valence-electron chi connectivity index (χ4n) is 3.05. The highest BCUT2D eigenvalue weighted by atomic mass is 16.5. The lowest BCUT2D eigenvalue weighted by molar-refractivity contribution is -0.00311. The van der Waals surface area contributed by atoms with E-state index < -0.39 is 0 Å². The minimum Gasteiger partial charge on any atom is -0.457 e. The molecule has 0 N–H and O–H groups in total. The van der Waals surface area contributed by atoms with Crippen LogP contribution in [-0.2, 0) is 4.74 Å². The summed E-state index contributed by atoms with van der Waals surface area (Å²) in [5.41, 5.74) is 0.645. The maximum absolute atomic E-state index is 12.9. The molecular formula is C21H25NO3. The minimum atomic E-state index is 0.0233. The van der Waals surface area contributed by atoms with E-state index in [1.807, 2.05) is 60.4 Å². The molecule has 25 heavy (non-hydrogen) atoms. The monoisotopic (exact) mass is 339 g/mol. The van der Waals surface area contributed by atoms with Crippen LogP contribution in [0.5, 0.6) is 11.5 Å². The third kappa shape index (κ3) is 4.83. The van der Waals surface area contributed by atoms with E-state index in [-0.39, 0.29) is 12.0 Å². The molecule has 1 saturated heterocycles. The Hall–Kier alpha value is -2.33. The molecule has 0 aromatic heterocycles. The number of hydrogen-bond donors (Lipinski definition) is 0. The van der Waals surface area contributed by atoms with E-state index >= 15 is 0 Å². The van der Waals surface area contributed by atoms with Gasteiger partial charge in [0.15, 0.2) is 0 Å². The van der Waals surface area contributed by atoms with Crippen molar-refractivity contribution < 1.29 is 14.3 Å². The van der Waals surface area contributed by atoms with Crippen molar-refractivity contribution in [1.82, 2.24) is 4.90 Å². The van der Waals surface area contributed by atoms with Crippen LogP contribution in [0.1, 0.15) is 36.5 Å². The Morgan fingerprint density at radius 2 is 1.92 bits per heavy atom. The van der Waals surface area contributed by atoms with E-state index in [0.717, 1.165) is 25.2 Å². The van der Waals surface area contributed by atoms with Crippen molar-refractivity contribution >= 4 is 5.91 Å². The maximum Gasteiger partial charge on any atom is 0.254 e. The van der Waals surface area contributed by atoms with Crippen LogP contribution in [0.15, 0.2) is 54.6 Å². The predicted octanol–water partition coefficient (Wildman–Crippen LogP) is 4.51. The topological polar surface area (TPSA) is 38.8 Å². The molecule has 1 atom stereocenters. The van der Waals surface area contributed by atoms with E-state index in [1.165, 1.54) is 6.42 Å². The molecule has 0 radical (unpaired) electrons. The molecule has 1 unspecified atom stereocenters. The Kier molecular flexibility index (Phi) is 6.07. The number of hydrogen-bond acceptors (Lipinski definition) is 3. The summed E-state index contributed by atoms with van der Waals surface area (Å²) in [6.45, 7) is 4.13. The molecule has 0 bridgehead atoms. The first kappa shape index (κ1) is 17.5. The lowest BCUT2D eigenvalue weighted by Gasteiger charge is -2.29. The van der Waals surface area contributed by atoms with Gasteiger partial charge in [-0.05, 0) is 56.5 Å². The van der Waals surface area contributed by atoms with Gasteiger partial charge in [0.25, 0.3) is 5.91 Å². The Morgan fingerprint density at radius 3 is 2.64 bits per heavy atom. The standard InChI is InChI=1S/C21H25NO3/c1-2-22(16-20-12-6-7-14-24-20)21(23)17-9-8-13-19(15-17)25-18-10-4-3-5-11-18/h3-5,8-11,13,15,20H,2,6-7,12,14,16H2,1H3. The third-order valence-corrected chi connectivity index (χ3v) is 4.43. The lowest BCUT2D eigenvalue weighted by atomic mass is 10.1. The number of rotatable bonds is 6. The summed E-state index contributed by atoms with van der Waals surface area (Å²) in [4.78, 5) is 14.7. The largest absolute Gasteiger partial charge is 0.457 e. The number of amides is 1. The molecule has 0 spiro atoms. The fraction of sp³-hybridized carbons (Fsp3) is 0.381. The summed E-state index contributed by atoms with van der Waals surface area (Å²) < 4.78 is 11.6. The van der Waals surface area contributed by atoms with Crippen LogP contribution in [0.4, 0.5) is 0 Å². The SMILES string of the molecule is CCN(CC1CCCCO1)C(=O)c1cccc(Oc2ccccc2)c1.